The first kappa shape index (κ1) is 22.5. The number of β-amino-alcohol motifs (C(OH)–C–C–N with tert-alkyl or cyclic N) is 2. The second-order valence-corrected chi connectivity index (χ2v) is 8.15. The molecule has 3 aromatic rings. The third kappa shape index (κ3) is 5.55. The molecule has 0 spiro atoms. The molecular formula is C25H31N3O4. The number of methoxy groups -OCH3 is 1. The van der Waals surface area contributed by atoms with Gasteiger partial charge in [-0.3, -0.25) is 14.8 Å². The number of aliphatic hydroxyl groups is 2. The Kier molecular flexibility index (Phi) is 7.55. The average Bonchev–Trinajstić information content (AvgIpc) is 2.83. The van der Waals surface area contributed by atoms with Gasteiger partial charge in [-0.2, -0.15) is 0 Å². The maximum absolute atomic E-state index is 10.9. The lowest BCUT2D eigenvalue weighted by molar-refractivity contribution is 0.0333. The second kappa shape index (κ2) is 10.7. The zero-order chi connectivity index (χ0) is 22.3. The lowest BCUT2D eigenvalue weighted by Gasteiger charge is -2.36. The molecule has 0 radical (unpaired) electrons. The number of hydrogen-bond acceptors (Lipinski definition) is 7. The van der Waals surface area contributed by atoms with Crippen molar-refractivity contribution in [2.75, 3.05) is 53.0 Å². The van der Waals surface area contributed by atoms with Gasteiger partial charge in [0.2, 0.25) is 0 Å². The molecule has 1 aliphatic rings. The highest BCUT2D eigenvalue weighted by molar-refractivity contribution is 5.87. The Bertz CT molecular complexity index is 993. The van der Waals surface area contributed by atoms with Crippen molar-refractivity contribution in [3.8, 4) is 11.5 Å². The van der Waals surface area contributed by atoms with Crippen LogP contribution in [0.5, 0.6) is 11.5 Å². The van der Waals surface area contributed by atoms with Crippen LogP contribution in [0.2, 0.25) is 0 Å². The van der Waals surface area contributed by atoms with Gasteiger partial charge in [-0.05, 0) is 29.8 Å². The number of nitrogens with zero attached hydrogens (tertiary/aromatic N) is 3. The average molecular weight is 438 g/mol. The number of hydrogen-bond donors (Lipinski definition) is 2. The molecule has 0 bridgehead atoms. The van der Waals surface area contributed by atoms with E-state index in [2.05, 4.69) is 14.8 Å². The summed E-state index contributed by atoms with van der Waals surface area (Å²) in [5.41, 5.74) is 1.63. The summed E-state index contributed by atoms with van der Waals surface area (Å²) < 4.78 is 11.1. The van der Waals surface area contributed by atoms with E-state index in [1.165, 1.54) is 0 Å². The molecule has 2 N–H and O–H groups in total. The summed E-state index contributed by atoms with van der Waals surface area (Å²) in [5, 5.41) is 22.2. The van der Waals surface area contributed by atoms with Crippen molar-refractivity contribution in [3.05, 3.63) is 66.4 Å². The summed E-state index contributed by atoms with van der Waals surface area (Å²) in [4.78, 5) is 8.93. The number of aromatic nitrogens is 1. The number of aliphatic hydroxyl groups excluding tert-OH is 2. The van der Waals surface area contributed by atoms with Gasteiger partial charge in [0.15, 0.2) is 0 Å². The minimum Gasteiger partial charge on any atom is -0.494 e. The van der Waals surface area contributed by atoms with Crippen molar-refractivity contribution in [1.29, 1.82) is 0 Å². The van der Waals surface area contributed by atoms with Crippen molar-refractivity contribution in [2.24, 2.45) is 0 Å². The fourth-order valence-corrected chi connectivity index (χ4v) is 4.18. The normalized spacial score (nSPS) is 17.2. The van der Waals surface area contributed by atoms with Crippen LogP contribution in [0.25, 0.3) is 10.9 Å². The van der Waals surface area contributed by atoms with E-state index in [-0.39, 0.29) is 6.61 Å². The van der Waals surface area contributed by atoms with Crippen LogP contribution in [0.4, 0.5) is 0 Å². The molecule has 170 valence electrons. The number of fused-ring (bicyclic) bond motifs is 1. The molecule has 7 heteroatoms. The van der Waals surface area contributed by atoms with Crippen molar-refractivity contribution in [1.82, 2.24) is 14.8 Å². The van der Waals surface area contributed by atoms with Gasteiger partial charge in [0, 0.05) is 50.9 Å². The van der Waals surface area contributed by atoms with E-state index < -0.39 is 12.2 Å². The van der Waals surface area contributed by atoms with Crippen molar-refractivity contribution in [3.63, 3.8) is 0 Å². The number of piperazine rings is 1. The Morgan fingerprint density at radius 2 is 1.62 bits per heavy atom. The fraction of sp³-hybridized carbons (Fsp3) is 0.400. The molecule has 2 heterocycles. The van der Waals surface area contributed by atoms with E-state index in [9.17, 15) is 10.2 Å². The van der Waals surface area contributed by atoms with E-state index in [1.807, 2.05) is 54.6 Å². The molecule has 32 heavy (non-hydrogen) atoms. The topological polar surface area (TPSA) is 78.3 Å². The minimum atomic E-state index is -0.607. The highest BCUT2D eigenvalue weighted by Crippen LogP contribution is 2.29. The Hall–Kier alpha value is -2.71. The van der Waals surface area contributed by atoms with Crippen LogP contribution in [0.1, 0.15) is 11.7 Å². The zero-order valence-corrected chi connectivity index (χ0v) is 18.4. The molecule has 7 nitrogen and oxygen atoms in total. The smallest absolute Gasteiger partial charge is 0.145 e. The predicted octanol–water partition coefficient (Wildman–Crippen LogP) is 2.33. The lowest BCUT2D eigenvalue weighted by Crippen LogP contribution is -2.50. The van der Waals surface area contributed by atoms with Crippen LogP contribution in [0.15, 0.2) is 60.8 Å². The van der Waals surface area contributed by atoms with Crippen LogP contribution in [-0.4, -0.2) is 84.1 Å². The van der Waals surface area contributed by atoms with Gasteiger partial charge in [0.25, 0.3) is 0 Å². The number of rotatable bonds is 9. The summed E-state index contributed by atoms with van der Waals surface area (Å²) >= 11 is 0. The lowest BCUT2D eigenvalue weighted by atomic mass is 10.0. The standard InChI is InChI=1S/C25H31N3O4/c1-31-24-9-5-8-22-21(10-11-26-25(22)24)23(30)17-28-14-12-27(13-15-28)16-19(29)18-32-20-6-3-2-4-7-20/h2-11,19,23,29-30H,12-18H2,1H3. The molecule has 1 saturated heterocycles. The molecule has 0 saturated carbocycles. The van der Waals surface area contributed by atoms with Gasteiger partial charge < -0.3 is 19.7 Å². The van der Waals surface area contributed by atoms with Gasteiger partial charge in [-0.25, -0.2) is 0 Å². The Labute approximate surface area is 188 Å². The van der Waals surface area contributed by atoms with Crippen LogP contribution in [-0.2, 0) is 0 Å². The summed E-state index contributed by atoms with van der Waals surface area (Å²) in [5.74, 6) is 1.48. The van der Waals surface area contributed by atoms with Gasteiger partial charge in [-0.15, -0.1) is 0 Å². The van der Waals surface area contributed by atoms with Gasteiger partial charge in [0.1, 0.15) is 29.7 Å². The van der Waals surface area contributed by atoms with E-state index in [0.717, 1.165) is 48.4 Å². The molecule has 2 unspecified atom stereocenters. The van der Waals surface area contributed by atoms with Crippen LogP contribution in [0.3, 0.4) is 0 Å². The molecule has 0 aliphatic carbocycles. The summed E-state index contributed by atoms with van der Waals surface area (Å²) in [7, 11) is 1.63. The molecule has 4 rings (SSSR count). The Morgan fingerprint density at radius 1 is 0.906 bits per heavy atom. The first-order chi connectivity index (χ1) is 15.6. The third-order valence-electron chi connectivity index (χ3n) is 5.90. The first-order valence-electron chi connectivity index (χ1n) is 11.0. The SMILES string of the molecule is COc1cccc2c(C(O)CN3CCN(CC(O)COc4ccccc4)CC3)ccnc12. The summed E-state index contributed by atoms with van der Waals surface area (Å²) in [6.07, 6.45) is 0.579. The molecule has 2 aromatic carbocycles. The molecule has 1 aliphatic heterocycles. The number of para-hydroxylation sites is 2. The Morgan fingerprint density at radius 3 is 2.34 bits per heavy atom. The summed E-state index contributed by atoms with van der Waals surface area (Å²) in [6, 6.07) is 17.2. The fourth-order valence-electron chi connectivity index (χ4n) is 4.18. The molecular weight excluding hydrogens is 406 g/mol. The molecule has 1 aromatic heterocycles. The maximum Gasteiger partial charge on any atom is 0.145 e. The van der Waals surface area contributed by atoms with E-state index in [0.29, 0.717) is 18.8 Å². The quantitative estimate of drug-likeness (QED) is 0.532. The van der Waals surface area contributed by atoms with Crippen molar-refractivity contribution in [2.45, 2.75) is 12.2 Å². The largest absolute Gasteiger partial charge is 0.494 e. The van der Waals surface area contributed by atoms with Gasteiger partial charge in [0.05, 0.1) is 13.2 Å². The van der Waals surface area contributed by atoms with E-state index >= 15 is 0 Å². The minimum absolute atomic E-state index is 0.279. The third-order valence-corrected chi connectivity index (χ3v) is 5.90. The molecule has 1 fully saturated rings. The monoisotopic (exact) mass is 437 g/mol. The van der Waals surface area contributed by atoms with Crippen molar-refractivity contribution < 1.29 is 19.7 Å². The Balaban J connectivity index is 1.26. The predicted molar refractivity (Wildman–Crippen MR) is 124 cm³/mol. The maximum atomic E-state index is 10.9. The van der Waals surface area contributed by atoms with Crippen LogP contribution >= 0.6 is 0 Å². The summed E-state index contributed by atoms with van der Waals surface area (Å²) in [6.45, 7) is 4.80. The van der Waals surface area contributed by atoms with E-state index in [1.54, 1.807) is 13.3 Å². The molecule has 2 atom stereocenters. The second-order valence-electron chi connectivity index (χ2n) is 8.15. The van der Waals surface area contributed by atoms with Crippen LogP contribution < -0.4 is 9.47 Å². The zero-order valence-electron chi connectivity index (χ0n) is 18.4. The van der Waals surface area contributed by atoms with Crippen molar-refractivity contribution >= 4 is 10.9 Å². The number of pyridine rings is 1. The van der Waals surface area contributed by atoms with E-state index in [4.69, 9.17) is 9.47 Å². The number of ether oxygens (including phenoxy) is 2. The van der Waals surface area contributed by atoms with Gasteiger partial charge in [-0.1, -0.05) is 30.3 Å². The van der Waals surface area contributed by atoms with Gasteiger partial charge >= 0.3 is 0 Å². The highest BCUT2D eigenvalue weighted by Gasteiger charge is 2.23. The number of benzene rings is 2. The highest BCUT2D eigenvalue weighted by atomic mass is 16.5. The molecule has 0 amide bonds. The first-order valence-corrected chi connectivity index (χ1v) is 11.0. The van der Waals surface area contributed by atoms with Crippen LogP contribution in [0, 0.1) is 0 Å².